The molecule has 6 nitrogen and oxygen atoms in total. The van der Waals surface area contributed by atoms with E-state index < -0.39 is 6.10 Å². The van der Waals surface area contributed by atoms with Crippen molar-refractivity contribution in [3.8, 4) is 0 Å². The molecule has 6 heteroatoms. The van der Waals surface area contributed by atoms with E-state index in [1.54, 1.807) is 0 Å². The van der Waals surface area contributed by atoms with Gasteiger partial charge in [0.15, 0.2) is 6.10 Å². The highest BCUT2D eigenvalue weighted by Crippen LogP contribution is 2.17. The lowest BCUT2D eigenvalue weighted by molar-refractivity contribution is -0.167. The van der Waals surface area contributed by atoms with Gasteiger partial charge in [0.05, 0.1) is 0 Å². The number of esters is 3. The van der Waals surface area contributed by atoms with E-state index in [0.717, 1.165) is 109 Å². The van der Waals surface area contributed by atoms with E-state index >= 15 is 0 Å². The molecule has 1 atom stereocenters. The number of hydrogen-bond donors (Lipinski definition) is 0. The van der Waals surface area contributed by atoms with Gasteiger partial charge in [0.2, 0.25) is 0 Å². The molecule has 0 aliphatic heterocycles. The molecule has 77 heavy (non-hydrogen) atoms. The summed E-state index contributed by atoms with van der Waals surface area (Å²) in [7, 11) is 0. The maximum atomic E-state index is 12.9. The molecule has 0 N–H and O–H groups in total. The van der Waals surface area contributed by atoms with Gasteiger partial charge in [0, 0.05) is 19.3 Å². The second-order valence-electron chi connectivity index (χ2n) is 22.0. The molecule has 0 aliphatic carbocycles. The van der Waals surface area contributed by atoms with Gasteiger partial charge in [-0.05, 0) is 77.0 Å². The predicted octanol–water partition coefficient (Wildman–Crippen LogP) is 22.7. The Morgan fingerprint density at radius 2 is 0.506 bits per heavy atom. The third-order valence-electron chi connectivity index (χ3n) is 14.4. The Hall–Kier alpha value is -3.41. The number of allylic oxidation sites excluding steroid dienone is 14. The molecule has 0 bridgehead atoms. The minimum absolute atomic E-state index is 0.0826. The Labute approximate surface area is 477 Å². The van der Waals surface area contributed by atoms with Crippen molar-refractivity contribution in [3.63, 3.8) is 0 Å². The molecule has 0 rings (SSSR count). The van der Waals surface area contributed by atoms with Crippen LogP contribution in [-0.2, 0) is 28.6 Å². The van der Waals surface area contributed by atoms with Crippen molar-refractivity contribution in [2.24, 2.45) is 0 Å². The molecule has 0 spiro atoms. The van der Waals surface area contributed by atoms with E-state index in [0.29, 0.717) is 19.3 Å². The molecule has 0 saturated heterocycles. The van der Waals surface area contributed by atoms with Crippen LogP contribution in [0.15, 0.2) is 85.1 Å². The van der Waals surface area contributed by atoms with Crippen molar-refractivity contribution in [1.29, 1.82) is 0 Å². The van der Waals surface area contributed by atoms with Gasteiger partial charge in [-0.2, -0.15) is 0 Å². The van der Waals surface area contributed by atoms with E-state index in [1.165, 1.54) is 180 Å². The maximum absolute atomic E-state index is 12.9. The van der Waals surface area contributed by atoms with Crippen LogP contribution >= 0.6 is 0 Å². The Kier molecular flexibility index (Phi) is 62.2. The zero-order chi connectivity index (χ0) is 55.7. The molecule has 0 aliphatic rings. The first-order chi connectivity index (χ1) is 38.0. The van der Waals surface area contributed by atoms with Gasteiger partial charge in [-0.25, -0.2) is 0 Å². The molecule has 0 fully saturated rings. The zero-order valence-electron chi connectivity index (χ0n) is 51.0. The molecule has 0 aromatic rings. The van der Waals surface area contributed by atoms with E-state index in [4.69, 9.17) is 14.2 Å². The van der Waals surface area contributed by atoms with Crippen LogP contribution in [0, 0.1) is 0 Å². The van der Waals surface area contributed by atoms with E-state index in [2.05, 4.69) is 106 Å². The number of carbonyl (C=O) groups is 3. The lowest BCUT2D eigenvalue weighted by Gasteiger charge is -2.18. The summed E-state index contributed by atoms with van der Waals surface area (Å²) in [5.74, 6) is -0.898. The summed E-state index contributed by atoms with van der Waals surface area (Å²) in [5.41, 5.74) is 0. The van der Waals surface area contributed by atoms with Crippen LogP contribution in [0.1, 0.15) is 329 Å². The highest BCUT2D eigenvalue weighted by molar-refractivity contribution is 5.71. The highest BCUT2D eigenvalue weighted by Gasteiger charge is 2.19. The van der Waals surface area contributed by atoms with Crippen LogP contribution in [0.4, 0.5) is 0 Å². The van der Waals surface area contributed by atoms with Crippen LogP contribution in [0.3, 0.4) is 0 Å². The van der Waals surface area contributed by atoms with Crippen LogP contribution in [0.25, 0.3) is 0 Å². The quantitative estimate of drug-likeness (QED) is 0.0261. The molecular weight excluding hydrogens is 949 g/mol. The van der Waals surface area contributed by atoms with Gasteiger partial charge in [-0.1, -0.05) is 318 Å². The lowest BCUT2D eigenvalue weighted by Crippen LogP contribution is -2.30. The molecular formula is C71H124O6. The fourth-order valence-electron chi connectivity index (χ4n) is 9.48. The normalized spacial score (nSPS) is 12.6. The summed E-state index contributed by atoms with van der Waals surface area (Å²) in [5, 5.41) is 0. The average molecular weight is 1070 g/mol. The third kappa shape index (κ3) is 63.3. The first-order valence-electron chi connectivity index (χ1n) is 33.1. The summed E-state index contributed by atoms with van der Waals surface area (Å²) in [6.07, 6.45) is 85.9. The monoisotopic (exact) mass is 1070 g/mol. The molecule has 0 radical (unpaired) electrons. The summed E-state index contributed by atoms with van der Waals surface area (Å²) < 4.78 is 16.9. The molecule has 444 valence electrons. The smallest absolute Gasteiger partial charge is 0.306 e. The number of unbranched alkanes of at least 4 members (excludes halogenated alkanes) is 35. The Bertz CT molecular complexity index is 1470. The molecule has 0 saturated carbocycles. The molecule has 0 aromatic heterocycles. The standard InChI is InChI=1S/C71H124O6/c1-4-7-10-13-16-19-22-25-28-30-32-33-34-35-36-37-39-40-43-46-49-52-55-58-61-64-70(73)76-67-68(66-75-69(72)63-60-57-54-51-48-45-42-27-24-21-18-15-12-9-6-3)77-71(74)65-62-59-56-53-50-47-44-41-38-31-29-26-23-20-17-14-11-8-5-2/h7,10,16,19,25,28,32-33,35-36,39-40,46,49,68H,4-6,8-9,11-15,17-18,20-24,26-27,29-31,34,37-38,41-45,47-48,50-67H2,1-3H3/b10-7-,19-16-,28-25-,33-32-,36-35-,40-39-,49-46-. The average Bonchev–Trinajstić information content (AvgIpc) is 3.43. The summed E-state index contributed by atoms with van der Waals surface area (Å²) in [6, 6.07) is 0. The Morgan fingerprint density at radius 3 is 0.792 bits per heavy atom. The van der Waals surface area contributed by atoms with E-state index in [1.807, 2.05) is 0 Å². The van der Waals surface area contributed by atoms with Gasteiger partial charge >= 0.3 is 17.9 Å². The molecule has 0 heterocycles. The van der Waals surface area contributed by atoms with E-state index in [-0.39, 0.29) is 31.1 Å². The van der Waals surface area contributed by atoms with Crippen molar-refractivity contribution in [3.05, 3.63) is 85.1 Å². The molecule has 0 aromatic carbocycles. The Morgan fingerprint density at radius 1 is 0.273 bits per heavy atom. The second kappa shape index (κ2) is 65.1. The summed E-state index contributed by atoms with van der Waals surface area (Å²) in [4.78, 5) is 38.4. The zero-order valence-corrected chi connectivity index (χ0v) is 51.0. The van der Waals surface area contributed by atoms with Crippen LogP contribution in [0.5, 0.6) is 0 Å². The van der Waals surface area contributed by atoms with Gasteiger partial charge in [0.25, 0.3) is 0 Å². The van der Waals surface area contributed by atoms with E-state index in [9.17, 15) is 14.4 Å². The number of rotatable bonds is 60. The van der Waals surface area contributed by atoms with Crippen LogP contribution in [-0.4, -0.2) is 37.2 Å². The van der Waals surface area contributed by atoms with Gasteiger partial charge < -0.3 is 14.2 Å². The van der Waals surface area contributed by atoms with Gasteiger partial charge in [-0.3, -0.25) is 14.4 Å². The SMILES string of the molecule is CC/C=C\C/C=C\C/C=C\C/C=C\C/C=C\C/C=C\C/C=C\CCCCCC(=O)OCC(COC(=O)CCCCCCCCCCCCCCCCC)OC(=O)CCCCCCCCCCCCCCCCCCCCC. The van der Waals surface area contributed by atoms with Gasteiger partial charge in [0.1, 0.15) is 13.2 Å². The van der Waals surface area contributed by atoms with Crippen LogP contribution in [0.2, 0.25) is 0 Å². The summed E-state index contributed by atoms with van der Waals surface area (Å²) in [6.45, 7) is 6.55. The van der Waals surface area contributed by atoms with Crippen molar-refractivity contribution < 1.29 is 28.6 Å². The molecule has 0 amide bonds. The third-order valence-corrected chi connectivity index (χ3v) is 14.4. The lowest BCUT2D eigenvalue weighted by atomic mass is 10.0. The maximum Gasteiger partial charge on any atom is 0.306 e. The first-order valence-corrected chi connectivity index (χ1v) is 33.1. The minimum atomic E-state index is -0.789. The number of hydrogen-bond acceptors (Lipinski definition) is 6. The van der Waals surface area contributed by atoms with Crippen molar-refractivity contribution in [2.45, 2.75) is 335 Å². The van der Waals surface area contributed by atoms with Crippen molar-refractivity contribution >= 4 is 17.9 Å². The Balaban J connectivity index is 4.40. The highest BCUT2D eigenvalue weighted by atomic mass is 16.6. The van der Waals surface area contributed by atoms with Gasteiger partial charge in [-0.15, -0.1) is 0 Å². The first kappa shape index (κ1) is 73.6. The number of carbonyl (C=O) groups excluding carboxylic acids is 3. The van der Waals surface area contributed by atoms with Crippen molar-refractivity contribution in [2.75, 3.05) is 13.2 Å². The van der Waals surface area contributed by atoms with Crippen molar-refractivity contribution in [1.82, 2.24) is 0 Å². The fourth-order valence-corrected chi connectivity index (χ4v) is 9.48. The molecule has 1 unspecified atom stereocenters. The predicted molar refractivity (Wildman–Crippen MR) is 334 cm³/mol. The number of ether oxygens (including phenoxy) is 3. The van der Waals surface area contributed by atoms with Crippen LogP contribution < -0.4 is 0 Å². The minimum Gasteiger partial charge on any atom is -0.462 e. The second-order valence-corrected chi connectivity index (χ2v) is 22.0. The topological polar surface area (TPSA) is 78.9 Å². The fraction of sp³-hybridized carbons (Fsp3) is 0.761. The largest absolute Gasteiger partial charge is 0.462 e. The summed E-state index contributed by atoms with van der Waals surface area (Å²) >= 11 is 0.